The molecule has 0 aliphatic heterocycles. The third-order valence-corrected chi connectivity index (χ3v) is 4.65. The van der Waals surface area contributed by atoms with Gasteiger partial charge in [-0.25, -0.2) is 15.0 Å². The Morgan fingerprint density at radius 3 is 2.83 bits per heavy atom. The number of hydrogen-bond donors (Lipinski definition) is 1. The predicted octanol–water partition coefficient (Wildman–Crippen LogP) is 3.45. The van der Waals surface area contributed by atoms with E-state index in [1.165, 1.54) is 5.56 Å². The molecule has 3 aromatic heterocycles. The largest absolute Gasteiger partial charge is 0.365 e. The van der Waals surface area contributed by atoms with Crippen LogP contribution in [0.5, 0.6) is 0 Å². The van der Waals surface area contributed by atoms with Gasteiger partial charge in [-0.05, 0) is 12.5 Å². The van der Waals surface area contributed by atoms with E-state index in [4.69, 9.17) is 0 Å². The first-order chi connectivity index (χ1) is 11.8. The summed E-state index contributed by atoms with van der Waals surface area (Å²) in [6.45, 7) is 2.82. The minimum atomic E-state index is 0.160. The van der Waals surface area contributed by atoms with Crippen molar-refractivity contribution < 1.29 is 0 Å². The lowest BCUT2D eigenvalue weighted by Gasteiger charge is -2.15. The van der Waals surface area contributed by atoms with Crippen LogP contribution in [0.15, 0.2) is 54.7 Å². The lowest BCUT2D eigenvalue weighted by atomic mass is 10.1. The second-order valence-electron chi connectivity index (χ2n) is 5.58. The Labute approximate surface area is 143 Å². The smallest absolute Gasteiger partial charge is 0.139 e. The molecule has 0 unspecified atom stereocenters. The van der Waals surface area contributed by atoms with Crippen LogP contribution in [-0.4, -0.2) is 30.8 Å². The van der Waals surface area contributed by atoms with Crippen molar-refractivity contribution in [3.05, 3.63) is 54.7 Å². The molecular formula is C17H16N6S. The van der Waals surface area contributed by atoms with E-state index in [0.29, 0.717) is 0 Å². The fraction of sp³-hybridized carbons (Fsp3) is 0.176. The van der Waals surface area contributed by atoms with Crippen LogP contribution < -0.4 is 5.32 Å². The summed E-state index contributed by atoms with van der Waals surface area (Å²) in [5.74, 6) is 0.854. The predicted molar refractivity (Wildman–Crippen MR) is 96.0 cm³/mol. The summed E-state index contributed by atoms with van der Waals surface area (Å²) in [6, 6.07) is 10.5. The van der Waals surface area contributed by atoms with E-state index in [9.17, 15) is 0 Å². The summed E-state index contributed by atoms with van der Waals surface area (Å²) >= 11 is 1.64. The Kier molecular flexibility index (Phi) is 3.92. The number of nitrogens with zero attached hydrogens (tertiary/aromatic N) is 5. The second-order valence-corrected chi connectivity index (χ2v) is 6.44. The molecule has 4 aromatic rings. The molecule has 4 rings (SSSR count). The van der Waals surface area contributed by atoms with Crippen LogP contribution in [0.25, 0.3) is 21.3 Å². The zero-order valence-electron chi connectivity index (χ0n) is 13.1. The highest BCUT2D eigenvalue weighted by molar-refractivity contribution is 7.17. The summed E-state index contributed by atoms with van der Waals surface area (Å²) in [5.41, 5.74) is 2.33. The highest BCUT2D eigenvalue weighted by Gasteiger charge is 2.14. The molecule has 0 saturated carbocycles. The van der Waals surface area contributed by atoms with Gasteiger partial charge in [0.15, 0.2) is 0 Å². The van der Waals surface area contributed by atoms with Gasteiger partial charge in [-0.2, -0.15) is 5.10 Å². The van der Waals surface area contributed by atoms with Crippen LogP contribution in [-0.2, 0) is 6.54 Å². The first-order valence-electron chi connectivity index (χ1n) is 7.68. The fourth-order valence-electron chi connectivity index (χ4n) is 2.70. The van der Waals surface area contributed by atoms with E-state index in [0.717, 1.165) is 28.1 Å². The monoisotopic (exact) mass is 336 g/mol. The highest BCUT2D eigenvalue weighted by atomic mass is 32.1. The molecule has 0 aliphatic rings. The maximum atomic E-state index is 4.47. The number of rotatable bonds is 5. The van der Waals surface area contributed by atoms with Crippen molar-refractivity contribution in [1.29, 1.82) is 0 Å². The molecule has 0 spiro atoms. The van der Waals surface area contributed by atoms with Crippen LogP contribution in [0, 0.1) is 0 Å². The van der Waals surface area contributed by atoms with E-state index in [1.807, 2.05) is 22.9 Å². The van der Waals surface area contributed by atoms with Gasteiger partial charge in [0, 0.05) is 17.0 Å². The molecule has 6 nitrogen and oxygen atoms in total. The molecule has 0 aliphatic carbocycles. The van der Waals surface area contributed by atoms with E-state index in [1.54, 1.807) is 30.3 Å². The van der Waals surface area contributed by atoms with Gasteiger partial charge in [0.1, 0.15) is 29.6 Å². The van der Waals surface area contributed by atoms with Gasteiger partial charge < -0.3 is 5.32 Å². The Morgan fingerprint density at radius 2 is 2.04 bits per heavy atom. The maximum absolute atomic E-state index is 4.47. The number of hydrogen-bond acceptors (Lipinski definition) is 6. The van der Waals surface area contributed by atoms with Crippen LogP contribution in [0.1, 0.15) is 6.92 Å². The van der Waals surface area contributed by atoms with Crippen molar-refractivity contribution in [1.82, 2.24) is 24.7 Å². The number of fused-ring (bicyclic) bond motifs is 1. The van der Waals surface area contributed by atoms with Crippen LogP contribution in [0.2, 0.25) is 0 Å². The van der Waals surface area contributed by atoms with Gasteiger partial charge in [-0.15, -0.1) is 11.3 Å². The third kappa shape index (κ3) is 2.85. The second kappa shape index (κ2) is 6.37. The topological polar surface area (TPSA) is 68.5 Å². The zero-order valence-corrected chi connectivity index (χ0v) is 13.9. The lowest BCUT2D eigenvalue weighted by molar-refractivity contribution is 0.558. The minimum Gasteiger partial charge on any atom is -0.365 e. The van der Waals surface area contributed by atoms with E-state index >= 15 is 0 Å². The summed E-state index contributed by atoms with van der Waals surface area (Å²) < 4.78 is 1.81. The van der Waals surface area contributed by atoms with Crippen LogP contribution in [0.4, 0.5) is 5.82 Å². The zero-order chi connectivity index (χ0) is 16.4. The summed E-state index contributed by atoms with van der Waals surface area (Å²) in [7, 11) is 0. The lowest BCUT2D eigenvalue weighted by Crippen LogP contribution is -2.23. The van der Waals surface area contributed by atoms with Crippen molar-refractivity contribution in [3.63, 3.8) is 0 Å². The van der Waals surface area contributed by atoms with Crippen LogP contribution in [0.3, 0.4) is 0 Å². The SMILES string of the molecule is C[C@@H](Cn1cncn1)Nc1ncnc2scc(-c3ccccc3)c12. The van der Waals surface area contributed by atoms with Crippen LogP contribution >= 0.6 is 11.3 Å². The molecule has 3 heterocycles. The molecule has 0 amide bonds. The molecule has 1 N–H and O–H groups in total. The summed E-state index contributed by atoms with van der Waals surface area (Å²) in [6.07, 6.45) is 4.87. The molecule has 0 bridgehead atoms. The normalized spacial score (nSPS) is 12.4. The van der Waals surface area contributed by atoms with E-state index in [-0.39, 0.29) is 6.04 Å². The Hall–Kier alpha value is -2.80. The van der Waals surface area contributed by atoms with Gasteiger partial charge >= 0.3 is 0 Å². The molecule has 1 aromatic carbocycles. The van der Waals surface area contributed by atoms with Gasteiger partial charge in [0.25, 0.3) is 0 Å². The third-order valence-electron chi connectivity index (χ3n) is 3.77. The number of anilines is 1. The van der Waals surface area contributed by atoms with Crippen molar-refractivity contribution in [2.24, 2.45) is 0 Å². The standard InChI is InChI=1S/C17H16N6S/c1-12(7-23-11-18-9-21-23)22-16-15-14(13-5-3-2-4-6-13)8-24-17(15)20-10-19-16/h2-6,8-12H,7H2,1H3,(H,19,20,22)/t12-/m0/s1. The summed E-state index contributed by atoms with van der Waals surface area (Å²) in [4.78, 5) is 13.8. The first-order valence-corrected chi connectivity index (χ1v) is 8.56. The van der Waals surface area contributed by atoms with E-state index in [2.05, 4.69) is 49.8 Å². The maximum Gasteiger partial charge on any atom is 0.139 e. The van der Waals surface area contributed by atoms with Gasteiger partial charge in [-0.1, -0.05) is 30.3 Å². The van der Waals surface area contributed by atoms with Gasteiger partial charge in [0.2, 0.25) is 0 Å². The minimum absolute atomic E-state index is 0.160. The van der Waals surface area contributed by atoms with Gasteiger partial charge in [0.05, 0.1) is 11.9 Å². The quantitative estimate of drug-likeness (QED) is 0.604. The highest BCUT2D eigenvalue weighted by Crippen LogP contribution is 2.36. The molecule has 24 heavy (non-hydrogen) atoms. The Bertz CT molecular complexity index is 932. The Balaban J connectivity index is 1.69. The number of thiophene rings is 1. The van der Waals surface area contributed by atoms with Crippen molar-refractivity contribution in [3.8, 4) is 11.1 Å². The van der Waals surface area contributed by atoms with E-state index < -0.39 is 0 Å². The molecule has 120 valence electrons. The average Bonchev–Trinajstić information content (AvgIpc) is 3.25. The number of aromatic nitrogens is 5. The molecule has 0 radical (unpaired) electrons. The molecule has 0 fully saturated rings. The molecule has 0 saturated heterocycles. The van der Waals surface area contributed by atoms with Gasteiger partial charge in [-0.3, -0.25) is 4.68 Å². The van der Waals surface area contributed by atoms with Crippen molar-refractivity contribution >= 4 is 27.4 Å². The summed E-state index contributed by atoms with van der Waals surface area (Å²) in [5, 5.41) is 10.8. The first kappa shape index (κ1) is 14.8. The van der Waals surface area contributed by atoms with Crippen molar-refractivity contribution in [2.45, 2.75) is 19.5 Å². The number of nitrogens with one attached hydrogen (secondary N) is 1. The van der Waals surface area contributed by atoms with Crippen molar-refractivity contribution in [2.75, 3.05) is 5.32 Å². The Morgan fingerprint density at radius 1 is 1.17 bits per heavy atom. The molecule has 1 atom stereocenters. The molecular weight excluding hydrogens is 320 g/mol. The number of benzene rings is 1. The fourth-order valence-corrected chi connectivity index (χ4v) is 3.62. The average molecular weight is 336 g/mol. The molecule has 7 heteroatoms.